The van der Waals surface area contributed by atoms with E-state index in [2.05, 4.69) is 16.3 Å². The highest BCUT2D eigenvalue weighted by molar-refractivity contribution is 6.30. The standard InChI is InChI=1S/C7H7ClN2O3/c1-2-3-4-13-7(12)5(10-9)6(8)11/h2H,1,3-4H2/p+1. The first-order chi connectivity index (χ1) is 6.13. The number of hydrogen-bond acceptors (Lipinski definition) is 4. The predicted octanol–water partition coefficient (Wildman–Crippen LogP) is 1.92. The Kier molecular flexibility index (Phi) is 5.32. The molecule has 0 amide bonds. The van der Waals surface area contributed by atoms with Gasteiger partial charge in [-0.1, -0.05) is 6.08 Å². The minimum atomic E-state index is -0.989. The van der Waals surface area contributed by atoms with Gasteiger partial charge in [0.2, 0.25) is 5.39 Å². The molecule has 0 saturated carbocycles. The van der Waals surface area contributed by atoms with Gasteiger partial charge in [-0.25, -0.2) is 4.79 Å². The summed E-state index contributed by atoms with van der Waals surface area (Å²) < 4.78 is 4.53. The van der Waals surface area contributed by atoms with Crippen molar-refractivity contribution < 1.29 is 14.6 Å². The fourth-order valence-electron chi connectivity index (χ4n) is 0.470. The van der Waals surface area contributed by atoms with Crippen molar-refractivity contribution in [2.24, 2.45) is 0 Å². The van der Waals surface area contributed by atoms with E-state index in [1.165, 1.54) is 0 Å². The first-order valence-electron chi connectivity index (χ1n) is 3.35. The van der Waals surface area contributed by atoms with Crippen molar-refractivity contribution in [1.82, 2.24) is 0 Å². The summed E-state index contributed by atoms with van der Waals surface area (Å²) >= 11 is 5.01. The van der Waals surface area contributed by atoms with E-state index < -0.39 is 16.9 Å². The lowest BCUT2D eigenvalue weighted by Crippen LogP contribution is -2.07. The Morgan fingerprint density at radius 2 is 2.38 bits per heavy atom. The molecule has 0 rings (SSSR count). The van der Waals surface area contributed by atoms with Crippen molar-refractivity contribution in [2.45, 2.75) is 6.42 Å². The Morgan fingerprint density at radius 3 is 2.77 bits per heavy atom. The highest BCUT2D eigenvalue weighted by Gasteiger charge is 2.29. The van der Waals surface area contributed by atoms with Gasteiger partial charge in [-0.15, -0.1) is 6.58 Å². The van der Waals surface area contributed by atoms with Gasteiger partial charge in [0.1, 0.15) is 0 Å². The summed E-state index contributed by atoms with van der Waals surface area (Å²) in [5.74, 6) is -0.989. The van der Waals surface area contributed by atoms with Crippen molar-refractivity contribution in [3.63, 3.8) is 0 Å². The number of ether oxygens (including phenoxy) is 1. The first kappa shape index (κ1) is 11.5. The van der Waals surface area contributed by atoms with Gasteiger partial charge in [-0.05, 0) is 18.0 Å². The summed E-state index contributed by atoms with van der Waals surface area (Å²) in [6.07, 6.45) is 2.01. The van der Waals surface area contributed by atoms with E-state index in [4.69, 9.17) is 22.1 Å². The molecule has 0 unspecified atom stereocenters. The van der Waals surface area contributed by atoms with E-state index >= 15 is 0 Å². The van der Waals surface area contributed by atoms with Crippen molar-refractivity contribution in [2.75, 3.05) is 6.61 Å². The summed E-state index contributed by atoms with van der Waals surface area (Å²) in [5.41, 5.74) is -0.717. The van der Waals surface area contributed by atoms with Crippen LogP contribution in [0.4, 0.5) is 0 Å². The van der Waals surface area contributed by atoms with E-state index in [0.29, 0.717) is 6.42 Å². The third kappa shape index (κ3) is 4.13. The lowest BCUT2D eigenvalue weighted by Gasteiger charge is -1.95. The van der Waals surface area contributed by atoms with Crippen molar-refractivity contribution in [1.29, 1.82) is 5.39 Å². The molecule has 0 aromatic carbocycles. The molecule has 0 radical (unpaired) electrons. The van der Waals surface area contributed by atoms with Gasteiger partial charge in [0, 0.05) is 0 Å². The number of rotatable bonds is 4. The number of aliphatic hydroxyl groups is 1. The van der Waals surface area contributed by atoms with Crippen LogP contribution in [-0.2, 0) is 9.53 Å². The van der Waals surface area contributed by atoms with Gasteiger partial charge >= 0.3 is 11.7 Å². The van der Waals surface area contributed by atoms with Crippen LogP contribution in [0.1, 0.15) is 6.42 Å². The smallest absolute Gasteiger partial charge is 0.493 e. The second-order valence-electron chi connectivity index (χ2n) is 1.95. The second kappa shape index (κ2) is 6.03. The Hall–Kier alpha value is -1.54. The third-order valence-electron chi connectivity index (χ3n) is 1.04. The maximum Gasteiger partial charge on any atom is 0.521 e. The van der Waals surface area contributed by atoms with E-state index in [0.717, 1.165) is 0 Å². The number of diazo groups is 1. The molecule has 0 aromatic rings. The topological polar surface area (TPSA) is 74.7 Å². The zero-order valence-electron chi connectivity index (χ0n) is 6.73. The zero-order valence-corrected chi connectivity index (χ0v) is 7.49. The molecular weight excluding hydrogens is 196 g/mol. The SMILES string of the molecule is C=CCCOC(=O)/C([N+]#N)=C(\O)Cl. The number of hydrogen-bond donors (Lipinski definition) is 1. The van der Waals surface area contributed by atoms with Crippen molar-refractivity contribution in [3.05, 3.63) is 28.5 Å². The minimum absolute atomic E-state index is 0.0888. The second-order valence-corrected chi connectivity index (χ2v) is 2.31. The summed E-state index contributed by atoms with van der Waals surface area (Å²) in [6.45, 7) is 3.49. The lowest BCUT2D eigenvalue weighted by atomic mass is 10.4. The first-order valence-corrected chi connectivity index (χ1v) is 3.73. The highest BCUT2D eigenvalue weighted by Crippen LogP contribution is 2.09. The predicted molar refractivity (Wildman–Crippen MR) is 46.4 cm³/mol. The zero-order chi connectivity index (χ0) is 10.3. The summed E-state index contributed by atoms with van der Waals surface area (Å²) in [5, 5.41) is 15.9. The molecule has 0 aliphatic rings. The van der Waals surface area contributed by atoms with Crippen LogP contribution in [0.5, 0.6) is 0 Å². The van der Waals surface area contributed by atoms with Crippen LogP contribution in [0.15, 0.2) is 23.6 Å². The molecular formula is C7H8ClN2O3+. The lowest BCUT2D eigenvalue weighted by molar-refractivity contribution is -0.138. The van der Waals surface area contributed by atoms with Crippen LogP contribution in [-0.4, -0.2) is 17.7 Å². The Labute approximate surface area is 79.9 Å². The number of carbonyl (C=O) groups is 1. The van der Waals surface area contributed by atoms with Crippen molar-refractivity contribution in [3.8, 4) is 0 Å². The molecule has 0 aliphatic carbocycles. The van der Waals surface area contributed by atoms with Crippen LogP contribution in [0.25, 0.3) is 4.98 Å². The van der Waals surface area contributed by atoms with Gasteiger partial charge in [0.15, 0.2) is 4.98 Å². The van der Waals surface area contributed by atoms with Crippen LogP contribution in [0.3, 0.4) is 0 Å². The van der Waals surface area contributed by atoms with Gasteiger partial charge in [0.25, 0.3) is 5.22 Å². The van der Waals surface area contributed by atoms with Crippen LogP contribution < -0.4 is 0 Å². The van der Waals surface area contributed by atoms with Gasteiger partial charge in [0.05, 0.1) is 6.61 Å². The molecule has 0 heterocycles. The third-order valence-corrected chi connectivity index (χ3v) is 1.22. The molecule has 0 aliphatic heterocycles. The number of aliphatic hydroxyl groups excluding tert-OH is 1. The summed E-state index contributed by atoms with van der Waals surface area (Å²) in [4.78, 5) is 13.3. The molecule has 1 N–H and O–H groups in total. The molecule has 0 aromatic heterocycles. The monoisotopic (exact) mass is 203 g/mol. The molecule has 13 heavy (non-hydrogen) atoms. The average molecular weight is 204 g/mol. The molecule has 0 atom stereocenters. The number of halogens is 1. The highest BCUT2D eigenvalue weighted by atomic mass is 35.5. The molecule has 0 spiro atoms. The summed E-state index contributed by atoms with van der Waals surface area (Å²) in [6, 6.07) is 0. The largest absolute Gasteiger partial charge is 0.521 e. The molecule has 0 bridgehead atoms. The van der Waals surface area contributed by atoms with E-state index in [1.54, 1.807) is 6.08 Å². The number of esters is 1. The Balaban J connectivity index is 4.19. The fourth-order valence-corrected chi connectivity index (χ4v) is 0.585. The average Bonchev–Trinajstić information content (AvgIpc) is 2.05. The minimum Gasteiger partial charge on any atom is -0.493 e. The molecule has 0 fully saturated rings. The maximum absolute atomic E-state index is 10.9. The molecule has 5 nitrogen and oxygen atoms in total. The van der Waals surface area contributed by atoms with Crippen LogP contribution in [0.2, 0.25) is 0 Å². The van der Waals surface area contributed by atoms with Crippen molar-refractivity contribution >= 4 is 17.6 Å². The quantitative estimate of drug-likeness (QED) is 0.189. The Bertz CT molecular complexity index is 276. The summed E-state index contributed by atoms with van der Waals surface area (Å²) in [7, 11) is 0. The van der Waals surface area contributed by atoms with E-state index in [9.17, 15) is 4.79 Å². The Morgan fingerprint density at radius 1 is 1.77 bits per heavy atom. The van der Waals surface area contributed by atoms with Crippen LogP contribution in [0, 0.1) is 5.39 Å². The van der Waals surface area contributed by atoms with E-state index in [1.807, 2.05) is 0 Å². The van der Waals surface area contributed by atoms with Gasteiger partial charge in [-0.3, -0.25) is 0 Å². The van der Waals surface area contributed by atoms with Gasteiger partial charge in [-0.2, -0.15) is 0 Å². The van der Waals surface area contributed by atoms with E-state index in [-0.39, 0.29) is 6.61 Å². The fraction of sp³-hybridized carbons (Fsp3) is 0.286. The molecule has 6 heteroatoms. The van der Waals surface area contributed by atoms with Crippen LogP contribution >= 0.6 is 11.6 Å². The normalized spacial score (nSPS) is 11.1. The maximum atomic E-state index is 10.9. The van der Waals surface area contributed by atoms with Gasteiger partial charge < -0.3 is 9.84 Å². The molecule has 0 saturated heterocycles. The number of nitrogens with zero attached hydrogens (tertiary/aromatic N) is 2. The molecule has 70 valence electrons. The number of carbonyl (C=O) groups excluding carboxylic acids is 1.